The third kappa shape index (κ3) is 5.54. The molecule has 8 nitrogen and oxygen atoms in total. The largest absolute Gasteiger partial charge is 0.491 e. The molecule has 0 spiro atoms. The number of urea groups is 1. The number of rotatable bonds is 6. The predicted octanol–water partition coefficient (Wildman–Crippen LogP) is 2.27. The third-order valence-corrected chi connectivity index (χ3v) is 7.03. The summed E-state index contributed by atoms with van der Waals surface area (Å²) in [5.74, 6) is 0.793. The first-order valence-corrected chi connectivity index (χ1v) is 11.5. The molecule has 9 heteroatoms. The molecule has 31 heavy (non-hydrogen) atoms. The monoisotopic (exact) mass is 442 g/mol. The number of ether oxygens (including phenoxy) is 1. The van der Waals surface area contributed by atoms with Crippen LogP contribution in [0.3, 0.4) is 0 Å². The van der Waals surface area contributed by atoms with Crippen molar-refractivity contribution in [3.8, 4) is 11.8 Å². The molecule has 0 unspecified atom stereocenters. The van der Waals surface area contributed by atoms with E-state index in [0.717, 1.165) is 11.3 Å². The van der Waals surface area contributed by atoms with Gasteiger partial charge in [0, 0.05) is 26.2 Å². The number of sulfonamides is 1. The van der Waals surface area contributed by atoms with Crippen molar-refractivity contribution in [1.82, 2.24) is 14.5 Å². The highest BCUT2D eigenvalue weighted by atomic mass is 32.2. The molecule has 1 fully saturated rings. The van der Waals surface area contributed by atoms with Crippen LogP contribution in [0.1, 0.15) is 16.7 Å². The van der Waals surface area contributed by atoms with Crippen molar-refractivity contribution in [3.05, 3.63) is 59.2 Å². The fourth-order valence-electron chi connectivity index (χ4n) is 3.37. The van der Waals surface area contributed by atoms with Gasteiger partial charge in [0.25, 0.3) is 0 Å². The molecule has 1 N–H and O–H groups in total. The van der Waals surface area contributed by atoms with Crippen LogP contribution < -0.4 is 10.1 Å². The van der Waals surface area contributed by atoms with Crippen LogP contribution >= 0.6 is 0 Å². The number of carbonyl (C=O) groups excluding carboxylic acids is 1. The number of aryl methyl sites for hydroxylation is 2. The molecule has 3 rings (SSSR count). The zero-order chi connectivity index (χ0) is 22.4. The highest BCUT2D eigenvalue weighted by Crippen LogP contribution is 2.19. The summed E-state index contributed by atoms with van der Waals surface area (Å²) in [4.78, 5) is 14.1. The zero-order valence-electron chi connectivity index (χ0n) is 17.7. The Balaban J connectivity index is 1.45. The van der Waals surface area contributed by atoms with Crippen LogP contribution in [0, 0.1) is 25.2 Å². The Morgan fingerprint density at radius 2 is 1.77 bits per heavy atom. The average Bonchev–Trinajstić information content (AvgIpc) is 2.78. The van der Waals surface area contributed by atoms with E-state index in [1.807, 2.05) is 38.1 Å². The zero-order valence-corrected chi connectivity index (χ0v) is 18.5. The van der Waals surface area contributed by atoms with E-state index in [1.54, 1.807) is 4.90 Å². The quantitative estimate of drug-likeness (QED) is 0.692. The van der Waals surface area contributed by atoms with Gasteiger partial charge in [0.1, 0.15) is 12.4 Å². The molecule has 164 valence electrons. The van der Waals surface area contributed by atoms with Crippen LogP contribution in [0.15, 0.2) is 47.4 Å². The van der Waals surface area contributed by atoms with Gasteiger partial charge in [0.05, 0.1) is 23.1 Å². The summed E-state index contributed by atoms with van der Waals surface area (Å²) in [5, 5.41) is 11.7. The number of benzene rings is 2. The first kappa shape index (κ1) is 22.6. The summed E-state index contributed by atoms with van der Waals surface area (Å²) in [6, 6.07) is 13.5. The van der Waals surface area contributed by atoms with Crippen molar-refractivity contribution < 1.29 is 17.9 Å². The fraction of sp³-hybridized carbons (Fsp3) is 0.364. The lowest BCUT2D eigenvalue weighted by molar-refractivity contribution is 0.170. The van der Waals surface area contributed by atoms with Gasteiger partial charge in [0.15, 0.2) is 0 Å². The van der Waals surface area contributed by atoms with Crippen LogP contribution in [0.4, 0.5) is 4.79 Å². The van der Waals surface area contributed by atoms with E-state index in [-0.39, 0.29) is 24.0 Å². The molecular formula is C22H26N4O4S. The molecule has 1 aliphatic rings. The minimum absolute atomic E-state index is 0.146. The number of nitriles is 1. The second kappa shape index (κ2) is 9.81. The van der Waals surface area contributed by atoms with Gasteiger partial charge >= 0.3 is 6.03 Å². The Morgan fingerprint density at radius 1 is 1.10 bits per heavy atom. The molecule has 1 saturated heterocycles. The average molecular weight is 443 g/mol. The van der Waals surface area contributed by atoms with Gasteiger partial charge < -0.3 is 15.0 Å². The van der Waals surface area contributed by atoms with Crippen molar-refractivity contribution in [1.29, 1.82) is 5.26 Å². The minimum atomic E-state index is -3.65. The first-order chi connectivity index (χ1) is 14.8. The number of piperazine rings is 1. The topological polar surface area (TPSA) is 103 Å². The molecular weight excluding hydrogens is 416 g/mol. The summed E-state index contributed by atoms with van der Waals surface area (Å²) in [6.45, 7) is 5.75. The van der Waals surface area contributed by atoms with Crippen molar-refractivity contribution >= 4 is 16.1 Å². The Morgan fingerprint density at radius 3 is 2.39 bits per heavy atom. The number of hydrogen-bond donors (Lipinski definition) is 1. The van der Waals surface area contributed by atoms with E-state index in [4.69, 9.17) is 10.00 Å². The number of hydrogen-bond acceptors (Lipinski definition) is 5. The van der Waals surface area contributed by atoms with E-state index in [0.29, 0.717) is 31.8 Å². The van der Waals surface area contributed by atoms with Gasteiger partial charge in [-0.3, -0.25) is 0 Å². The molecule has 0 atom stereocenters. The molecule has 2 amide bonds. The van der Waals surface area contributed by atoms with Crippen molar-refractivity contribution in [2.75, 3.05) is 39.3 Å². The lowest BCUT2D eigenvalue weighted by Gasteiger charge is -2.34. The highest BCUT2D eigenvalue weighted by Gasteiger charge is 2.30. The van der Waals surface area contributed by atoms with E-state index < -0.39 is 10.0 Å². The highest BCUT2D eigenvalue weighted by molar-refractivity contribution is 7.89. The number of nitrogens with one attached hydrogen (secondary N) is 1. The second-order valence-electron chi connectivity index (χ2n) is 7.38. The Kier molecular flexibility index (Phi) is 7.15. The smallest absolute Gasteiger partial charge is 0.317 e. The van der Waals surface area contributed by atoms with Gasteiger partial charge in [-0.25, -0.2) is 13.2 Å². The summed E-state index contributed by atoms with van der Waals surface area (Å²) >= 11 is 0. The number of amides is 2. The lowest BCUT2D eigenvalue weighted by atomic mass is 10.1. The van der Waals surface area contributed by atoms with Crippen molar-refractivity contribution in [3.63, 3.8) is 0 Å². The maximum absolute atomic E-state index is 12.8. The Bertz CT molecular complexity index is 1070. The SMILES string of the molecule is Cc1ccc(OCCNC(=O)N2CCN(S(=O)(=O)c3ccc(C#N)cc3)CC2)c(C)c1. The second-order valence-corrected chi connectivity index (χ2v) is 9.31. The third-order valence-electron chi connectivity index (χ3n) is 5.11. The summed E-state index contributed by atoms with van der Waals surface area (Å²) in [6.07, 6.45) is 0. The maximum Gasteiger partial charge on any atom is 0.317 e. The molecule has 0 aromatic heterocycles. The first-order valence-electron chi connectivity index (χ1n) is 10.0. The van der Waals surface area contributed by atoms with E-state index in [2.05, 4.69) is 5.32 Å². The molecule has 0 bridgehead atoms. The number of carbonyl (C=O) groups is 1. The summed E-state index contributed by atoms with van der Waals surface area (Å²) in [7, 11) is -3.65. The molecule has 1 aliphatic heterocycles. The molecule has 0 aliphatic carbocycles. The van der Waals surface area contributed by atoms with Crippen LogP contribution in [0.2, 0.25) is 0 Å². The van der Waals surface area contributed by atoms with E-state index in [9.17, 15) is 13.2 Å². The Labute approximate surface area is 183 Å². The van der Waals surface area contributed by atoms with Crippen LogP contribution in [0.25, 0.3) is 0 Å². The lowest BCUT2D eigenvalue weighted by Crippen LogP contribution is -2.53. The molecule has 0 saturated carbocycles. The molecule has 1 heterocycles. The minimum Gasteiger partial charge on any atom is -0.491 e. The van der Waals surface area contributed by atoms with Gasteiger partial charge in [-0.2, -0.15) is 9.57 Å². The van der Waals surface area contributed by atoms with Gasteiger partial charge in [0.2, 0.25) is 10.0 Å². The molecule has 2 aromatic carbocycles. The van der Waals surface area contributed by atoms with Crippen LogP contribution in [-0.4, -0.2) is 63.0 Å². The van der Waals surface area contributed by atoms with Crippen LogP contribution in [-0.2, 0) is 10.0 Å². The van der Waals surface area contributed by atoms with Crippen molar-refractivity contribution in [2.45, 2.75) is 18.7 Å². The molecule has 2 aromatic rings. The normalized spacial score (nSPS) is 14.7. The maximum atomic E-state index is 12.8. The van der Waals surface area contributed by atoms with Gasteiger partial charge in [-0.15, -0.1) is 0 Å². The van der Waals surface area contributed by atoms with E-state index in [1.165, 1.54) is 34.1 Å². The van der Waals surface area contributed by atoms with Crippen LogP contribution in [0.5, 0.6) is 5.75 Å². The summed E-state index contributed by atoms with van der Waals surface area (Å²) in [5.41, 5.74) is 2.62. The van der Waals surface area contributed by atoms with E-state index >= 15 is 0 Å². The van der Waals surface area contributed by atoms with Crippen molar-refractivity contribution in [2.24, 2.45) is 0 Å². The predicted molar refractivity (Wildman–Crippen MR) is 116 cm³/mol. The standard InChI is InChI=1S/C22H26N4O4S/c1-17-3-8-21(18(2)15-17)30-14-9-24-22(27)25-10-12-26(13-11-25)31(28,29)20-6-4-19(16-23)5-7-20/h3-8,15H,9-14H2,1-2H3,(H,24,27). The number of nitrogens with zero attached hydrogens (tertiary/aromatic N) is 3. The summed E-state index contributed by atoms with van der Waals surface area (Å²) < 4.78 is 32.6. The Hall–Kier alpha value is -3.09. The van der Waals surface area contributed by atoms with Gasteiger partial charge in [-0.1, -0.05) is 17.7 Å². The molecule has 0 radical (unpaired) electrons. The fourth-order valence-corrected chi connectivity index (χ4v) is 4.80. The van der Waals surface area contributed by atoms with Gasteiger partial charge in [-0.05, 0) is 49.7 Å².